The fourth-order valence-electron chi connectivity index (χ4n) is 4.19. The Labute approximate surface area is 202 Å². The average molecular weight is 477 g/mol. The van der Waals surface area contributed by atoms with E-state index in [2.05, 4.69) is 49.4 Å². The van der Waals surface area contributed by atoms with Crippen LogP contribution in [0.25, 0.3) is 11.3 Å². The molecule has 182 valence electrons. The lowest BCUT2D eigenvalue weighted by Crippen LogP contribution is -2.34. The molecule has 5 N–H and O–H groups in total. The van der Waals surface area contributed by atoms with Crippen LogP contribution in [0.5, 0.6) is 5.75 Å². The summed E-state index contributed by atoms with van der Waals surface area (Å²) in [5.41, 5.74) is 9.52. The van der Waals surface area contributed by atoms with Crippen LogP contribution in [0.2, 0.25) is 0 Å². The molecule has 1 aromatic carbocycles. The maximum Gasteiger partial charge on any atom is 0.322 e. The first-order valence-corrected chi connectivity index (χ1v) is 11.4. The highest BCUT2D eigenvalue weighted by Crippen LogP contribution is 2.28. The number of carboxylic acids is 1. The van der Waals surface area contributed by atoms with Crippen molar-refractivity contribution in [1.82, 2.24) is 20.3 Å². The van der Waals surface area contributed by atoms with Crippen LogP contribution in [-0.4, -0.2) is 56.7 Å². The van der Waals surface area contributed by atoms with E-state index in [1.165, 1.54) is 0 Å². The summed E-state index contributed by atoms with van der Waals surface area (Å²) < 4.78 is 0. The number of pyridine rings is 1. The molecule has 0 aliphatic carbocycles. The molecule has 3 aromatic rings. The minimum atomic E-state index is -1.17. The normalized spacial score (nSPS) is 14.0. The van der Waals surface area contributed by atoms with E-state index in [4.69, 9.17) is 10.8 Å². The van der Waals surface area contributed by atoms with Crippen LogP contribution < -0.4 is 16.0 Å². The van der Waals surface area contributed by atoms with Gasteiger partial charge in [0.15, 0.2) is 11.4 Å². The number of anilines is 2. The molecular formula is C25H28N6O4. The Kier molecular flexibility index (Phi) is 7.09. The second-order valence-electron chi connectivity index (χ2n) is 8.66. The number of nitrogens with one attached hydrogen (secondary N) is 1. The molecule has 0 unspecified atom stereocenters. The Morgan fingerprint density at radius 2 is 1.83 bits per heavy atom. The zero-order chi connectivity index (χ0) is 24.9. The summed E-state index contributed by atoms with van der Waals surface area (Å²) in [5.74, 6) is -1.43. The lowest BCUT2D eigenvalue weighted by Gasteiger charge is -2.33. The molecule has 1 amide bonds. The van der Waals surface area contributed by atoms with Crippen LogP contribution in [0.15, 0.2) is 42.6 Å². The summed E-state index contributed by atoms with van der Waals surface area (Å²) in [6.45, 7) is 2.81. The number of hydrogen-bond donors (Lipinski definition) is 4. The van der Waals surface area contributed by atoms with E-state index in [1.54, 1.807) is 13.1 Å². The first-order chi connectivity index (χ1) is 16.8. The predicted molar refractivity (Wildman–Crippen MR) is 131 cm³/mol. The number of aryl methyl sites for hydroxylation is 1. The van der Waals surface area contributed by atoms with Crippen molar-refractivity contribution in [3.05, 3.63) is 59.8 Å². The van der Waals surface area contributed by atoms with Crippen molar-refractivity contribution < 1.29 is 19.8 Å². The summed E-state index contributed by atoms with van der Waals surface area (Å²) in [4.78, 5) is 38.3. The van der Waals surface area contributed by atoms with Gasteiger partial charge in [-0.2, -0.15) is 0 Å². The van der Waals surface area contributed by atoms with Crippen molar-refractivity contribution in [1.29, 1.82) is 0 Å². The highest BCUT2D eigenvalue weighted by atomic mass is 16.4. The smallest absolute Gasteiger partial charge is 0.322 e. The number of aliphatic carboxylic acids is 1. The van der Waals surface area contributed by atoms with Crippen LogP contribution in [0.4, 0.5) is 11.4 Å². The van der Waals surface area contributed by atoms with Gasteiger partial charge in [-0.05, 0) is 49.9 Å². The lowest BCUT2D eigenvalue weighted by atomic mass is 9.92. The molecule has 1 fully saturated rings. The van der Waals surface area contributed by atoms with Crippen molar-refractivity contribution in [2.24, 2.45) is 5.92 Å². The Hall–Kier alpha value is -4.21. The third-order valence-electron chi connectivity index (χ3n) is 6.12. The van der Waals surface area contributed by atoms with Crippen molar-refractivity contribution in [3.63, 3.8) is 0 Å². The van der Waals surface area contributed by atoms with Gasteiger partial charge in [0.1, 0.15) is 12.4 Å². The molecule has 10 nitrogen and oxygen atoms in total. The molecule has 1 aliphatic heterocycles. The molecule has 0 bridgehead atoms. The van der Waals surface area contributed by atoms with Gasteiger partial charge in [-0.25, -0.2) is 9.97 Å². The SMILES string of the molecule is Cc1nc(CC2CCN(c3ccc(-c4ccc(N)cn4)cc3)CC2)nc(C(=O)NCC(=O)O)c1O. The number of aromatic hydroxyl groups is 1. The van der Waals surface area contributed by atoms with E-state index in [-0.39, 0.29) is 11.4 Å². The molecule has 35 heavy (non-hydrogen) atoms. The number of nitrogens with two attached hydrogens (primary N) is 1. The summed E-state index contributed by atoms with van der Waals surface area (Å²) >= 11 is 0. The zero-order valence-electron chi connectivity index (χ0n) is 19.4. The van der Waals surface area contributed by atoms with Crippen molar-refractivity contribution in [3.8, 4) is 17.0 Å². The third kappa shape index (κ3) is 5.84. The predicted octanol–water partition coefficient (Wildman–Crippen LogP) is 2.41. The van der Waals surface area contributed by atoms with E-state index in [1.807, 2.05) is 12.1 Å². The van der Waals surface area contributed by atoms with Crippen LogP contribution in [-0.2, 0) is 11.2 Å². The van der Waals surface area contributed by atoms with E-state index in [0.29, 0.717) is 29.5 Å². The summed E-state index contributed by atoms with van der Waals surface area (Å²) in [5, 5.41) is 21.2. The molecule has 0 spiro atoms. The zero-order valence-corrected chi connectivity index (χ0v) is 19.4. The number of amides is 1. The molecule has 0 atom stereocenters. The fraction of sp³-hybridized carbons (Fsp3) is 0.320. The summed E-state index contributed by atoms with van der Waals surface area (Å²) in [6.07, 6.45) is 4.10. The summed E-state index contributed by atoms with van der Waals surface area (Å²) in [6, 6.07) is 12.1. The number of benzene rings is 1. The van der Waals surface area contributed by atoms with Gasteiger partial charge in [0.2, 0.25) is 0 Å². The fourth-order valence-corrected chi connectivity index (χ4v) is 4.19. The number of aromatic nitrogens is 3. The number of carbonyl (C=O) groups excluding carboxylic acids is 1. The van der Waals surface area contributed by atoms with E-state index in [9.17, 15) is 14.7 Å². The Morgan fingerprint density at radius 1 is 1.11 bits per heavy atom. The average Bonchev–Trinajstić information content (AvgIpc) is 2.86. The molecule has 1 aliphatic rings. The topological polar surface area (TPSA) is 155 Å². The molecule has 1 saturated heterocycles. The number of piperidine rings is 1. The lowest BCUT2D eigenvalue weighted by molar-refractivity contribution is -0.135. The van der Waals surface area contributed by atoms with Crippen molar-refractivity contribution in [2.45, 2.75) is 26.2 Å². The van der Waals surface area contributed by atoms with E-state index >= 15 is 0 Å². The van der Waals surface area contributed by atoms with Gasteiger partial charge in [-0.15, -0.1) is 0 Å². The Morgan fingerprint density at radius 3 is 2.46 bits per heavy atom. The number of hydrogen-bond acceptors (Lipinski definition) is 8. The first-order valence-electron chi connectivity index (χ1n) is 11.4. The maximum absolute atomic E-state index is 12.3. The highest BCUT2D eigenvalue weighted by molar-refractivity contribution is 5.96. The monoisotopic (exact) mass is 476 g/mol. The molecule has 2 aromatic heterocycles. The number of nitrogens with zero attached hydrogens (tertiary/aromatic N) is 4. The molecule has 4 rings (SSSR count). The molecule has 0 radical (unpaired) electrons. The second kappa shape index (κ2) is 10.4. The van der Waals surface area contributed by atoms with Gasteiger partial charge in [-0.1, -0.05) is 12.1 Å². The van der Waals surface area contributed by atoms with Crippen LogP contribution in [0.1, 0.15) is 34.8 Å². The number of carboxylic acid groups (broad SMARTS) is 1. The van der Waals surface area contributed by atoms with Gasteiger partial charge < -0.3 is 26.2 Å². The van der Waals surface area contributed by atoms with Crippen LogP contribution in [0, 0.1) is 12.8 Å². The van der Waals surface area contributed by atoms with Gasteiger partial charge in [0.25, 0.3) is 5.91 Å². The van der Waals surface area contributed by atoms with Crippen LogP contribution >= 0.6 is 0 Å². The van der Waals surface area contributed by atoms with Crippen molar-refractivity contribution >= 4 is 23.3 Å². The molecule has 3 heterocycles. The minimum Gasteiger partial charge on any atom is -0.504 e. The maximum atomic E-state index is 12.3. The van der Waals surface area contributed by atoms with Gasteiger partial charge in [0, 0.05) is 30.8 Å². The Balaban J connectivity index is 1.36. The molecular weight excluding hydrogens is 448 g/mol. The number of nitrogen functional groups attached to an aromatic ring is 1. The standard InChI is InChI=1S/C25H28N6O4/c1-15-24(34)23(25(35)28-14-22(32)33)30-21(29-15)12-16-8-10-31(11-9-16)19-5-2-17(3-6-19)20-7-4-18(26)13-27-20/h2-7,13,16,34H,8-12,14,26H2,1H3,(H,28,35)(H,32,33). The quantitative estimate of drug-likeness (QED) is 0.402. The highest BCUT2D eigenvalue weighted by Gasteiger charge is 2.23. The number of carbonyl (C=O) groups is 2. The second-order valence-corrected chi connectivity index (χ2v) is 8.66. The van der Waals surface area contributed by atoms with Crippen molar-refractivity contribution in [2.75, 3.05) is 30.3 Å². The first kappa shape index (κ1) is 23.9. The van der Waals surface area contributed by atoms with Gasteiger partial charge >= 0.3 is 5.97 Å². The number of rotatable bonds is 7. The summed E-state index contributed by atoms with van der Waals surface area (Å²) in [7, 11) is 0. The third-order valence-corrected chi connectivity index (χ3v) is 6.12. The van der Waals surface area contributed by atoms with Crippen LogP contribution in [0.3, 0.4) is 0 Å². The molecule has 10 heteroatoms. The minimum absolute atomic E-state index is 0.193. The largest absolute Gasteiger partial charge is 0.504 e. The van der Waals surface area contributed by atoms with Gasteiger partial charge in [0.05, 0.1) is 23.3 Å². The molecule has 0 saturated carbocycles. The van der Waals surface area contributed by atoms with Gasteiger partial charge in [-0.3, -0.25) is 14.6 Å². The van der Waals surface area contributed by atoms with E-state index in [0.717, 1.165) is 42.9 Å². The van der Waals surface area contributed by atoms with E-state index < -0.39 is 18.4 Å². The Bertz CT molecular complexity index is 1210.